The van der Waals surface area contributed by atoms with Crippen LogP contribution in [-0.2, 0) is 16.0 Å². The zero-order valence-electron chi connectivity index (χ0n) is 12.8. The molecule has 6 nitrogen and oxygen atoms in total. The molecule has 1 heterocycles. The average Bonchev–Trinajstić information content (AvgIpc) is 2.88. The molecule has 22 heavy (non-hydrogen) atoms. The summed E-state index contributed by atoms with van der Waals surface area (Å²) in [7, 11) is 2.06. The van der Waals surface area contributed by atoms with Crippen molar-refractivity contribution in [2.24, 2.45) is 0 Å². The van der Waals surface area contributed by atoms with Crippen molar-refractivity contribution < 1.29 is 19.4 Å². The number of likely N-dealkylation sites (N-methyl/N-ethyl adjacent to an activating group) is 1. The summed E-state index contributed by atoms with van der Waals surface area (Å²) >= 11 is 0. The lowest BCUT2D eigenvalue weighted by Gasteiger charge is -2.12. The van der Waals surface area contributed by atoms with Crippen molar-refractivity contribution in [2.75, 3.05) is 20.1 Å². The van der Waals surface area contributed by atoms with Gasteiger partial charge < -0.3 is 19.7 Å². The molecule has 1 aromatic carbocycles. The number of aliphatic carboxylic acids is 1. The van der Waals surface area contributed by atoms with Crippen LogP contribution in [-0.4, -0.2) is 47.1 Å². The number of benzene rings is 1. The SMILES string of the molecule is CCN(C)CCc1c[nH]c2c(OC(=O)CC(=O)O)cccc12. The monoisotopic (exact) mass is 304 g/mol. The first-order valence-electron chi connectivity index (χ1n) is 7.21. The van der Waals surface area contributed by atoms with Crippen molar-refractivity contribution in [1.82, 2.24) is 9.88 Å². The van der Waals surface area contributed by atoms with Gasteiger partial charge in [-0.1, -0.05) is 19.1 Å². The highest BCUT2D eigenvalue weighted by atomic mass is 16.5. The van der Waals surface area contributed by atoms with Gasteiger partial charge in [-0.2, -0.15) is 0 Å². The summed E-state index contributed by atoms with van der Waals surface area (Å²) in [5.41, 5.74) is 1.86. The molecule has 0 amide bonds. The summed E-state index contributed by atoms with van der Waals surface area (Å²) in [6, 6.07) is 5.41. The number of para-hydroxylation sites is 1. The van der Waals surface area contributed by atoms with Gasteiger partial charge in [-0.3, -0.25) is 9.59 Å². The van der Waals surface area contributed by atoms with Gasteiger partial charge in [-0.15, -0.1) is 0 Å². The Balaban J connectivity index is 2.18. The second-order valence-corrected chi connectivity index (χ2v) is 5.18. The second-order valence-electron chi connectivity index (χ2n) is 5.18. The van der Waals surface area contributed by atoms with Gasteiger partial charge in [0, 0.05) is 18.1 Å². The lowest BCUT2D eigenvalue weighted by atomic mass is 10.1. The molecule has 0 aliphatic rings. The number of carboxylic acid groups (broad SMARTS) is 1. The highest BCUT2D eigenvalue weighted by Crippen LogP contribution is 2.27. The Kier molecular flexibility index (Phi) is 5.16. The van der Waals surface area contributed by atoms with E-state index < -0.39 is 18.4 Å². The van der Waals surface area contributed by atoms with E-state index in [1.807, 2.05) is 12.3 Å². The molecule has 0 bridgehead atoms. The molecule has 2 aromatic rings. The summed E-state index contributed by atoms with van der Waals surface area (Å²) in [5.74, 6) is -1.62. The standard InChI is InChI=1S/C16H20N2O4/c1-3-18(2)8-7-11-10-17-16-12(11)5-4-6-13(16)22-15(21)9-14(19)20/h4-6,10,17H,3,7-9H2,1-2H3,(H,19,20). The summed E-state index contributed by atoms with van der Waals surface area (Å²) in [6.07, 6.45) is 2.14. The third-order valence-corrected chi connectivity index (χ3v) is 3.58. The summed E-state index contributed by atoms with van der Waals surface area (Å²) in [5, 5.41) is 9.60. The molecule has 6 heteroatoms. The van der Waals surface area contributed by atoms with Crippen LogP contribution in [0.3, 0.4) is 0 Å². The molecule has 0 unspecified atom stereocenters. The minimum atomic E-state index is -1.20. The average molecular weight is 304 g/mol. The zero-order chi connectivity index (χ0) is 16.1. The molecular weight excluding hydrogens is 284 g/mol. The third-order valence-electron chi connectivity index (χ3n) is 3.58. The molecule has 0 saturated carbocycles. The largest absolute Gasteiger partial charge is 0.481 e. The lowest BCUT2D eigenvalue weighted by Crippen LogP contribution is -2.20. The van der Waals surface area contributed by atoms with E-state index in [1.54, 1.807) is 12.1 Å². The van der Waals surface area contributed by atoms with Gasteiger partial charge in [0.15, 0.2) is 5.75 Å². The molecule has 0 aliphatic carbocycles. The highest BCUT2D eigenvalue weighted by molar-refractivity contribution is 5.94. The van der Waals surface area contributed by atoms with Crippen molar-refractivity contribution in [3.63, 3.8) is 0 Å². The van der Waals surface area contributed by atoms with Crippen molar-refractivity contribution in [1.29, 1.82) is 0 Å². The normalized spacial score (nSPS) is 11.0. The van der Waals surface area contributed by atoms with Gasteiger partial charge in [0.1, 0.15) is 6.42 Å². The molecule has 0 fully saturated rings. The number of hydrogen-bond acceptors (Lipinski definition) is 4. The number of esters is 1. The minimum Gasteiger partial charge on any atom is -0.481 e. The second kappa shape index (κ2) is 7.09. The van der Waals surface area contributed by atoms with Crippen LogP contribution in [0, 0.1) is 0 Å². The van der Waals surface area contributed by atoms with Crippen LogP contribution < -0.4 is 4.74 Å². The van der Waals surface area contributed by atoms with E-state index in [0.29, 0.717) is 5.75 Å². The number of fused-ring (bicyclic) bond motifs is 1. The number of nitrogens with zero attached hydrogens (tertiary/aromatic N) is 1. The molecule has 2 N–H and O–H groups in total. The minimum absolute atomic E-state index is 0.360. The van der Waals surface area contributed by atoms with Crippen LogP contribution in [0.25, 0.3) is 10.9 Å². The Morgan fingerprint density at radius 1 is 1.36 bits per heavy atom. The van der Waals surface area contributed by atoms with Gasteiger partial charge in [-0.25, -0.2) is 0 Å². The fraction of sp³-hybridized carbons (Fsp3) is 0.375. The van der Waals surface area contributed by atoms with Crippen molar-refractivity contribution in [3.05, 3.63) is 30.0 Å². The van der Waals surface area contributed by atoms with Crippen molar-refractivity contribution >= 4 is 22.8 Å². The number of hydrogen-bond donors (Lipinski definition) is 2. The molecule has 0 atom stereocenters. The Morgan fingerprint density at radius 3 is 2.82 bits per heavy atom. The molecule has 0 radical (unpaired) electrons. The van der Waals surface area contributed by atoms with Crippen LogP contribution in [0.5, 0.6) is 5.75 Å². The fourth-order valence-electron chi connectivity index (χ4n) is 2.23. The zero-order valence-corrected chi connectivity index (χ0v) is 12.8. The number of aromatic nitrogens is 1. The fourth-order valence-corrected chi connectivity index (χ4v) is 2.23. The summed E-state index contributed by atoms with van der Waals surface area (Å²) in [6.45, 7) is 4.03. The number of carbonyl (C=O) groups is 2. The topological polar surface area (TPSA) is 82.6 Å². The predicted octanol–water partition coefficient (Wildman–Crippen LogP) is 2.04. The quantitative estimate of drug-likeness (QED) is 0.465. The van der Waals surface area contributed by atoms with E-state index in [4.69, 9.17) is 9.84 Å². The van der Waals surface area contributed by atoms with E-state index in [-0.39, 0.29) is 0 Å². The number of nitrogens with one attached hydrogen (secondary N) is 1. The number of carboxylic acids is 1. The Labute approximate surface area is 128 Å². The third kappa shape index (κ3) is 3.85. The Morgan fingerprint density at radius 2 is 2.14 bits per heavy atom. The maximum absolute atomic E-state index is 11.5. The van der Waals surface area contributed by atoms with Crippen LogP contribution in [0.4, 0.5) is 0 Å². The van der Waals surface area contributed by atoms with E-state index in [9.17, 15) is 9.59 Å². The van der Waals surface area contributed by atoms with Gasteiger partial charge in [-0.05, 0) is 31.6 Å². The number of aromatic amines is 1. The van der Waals surface area contributed by atoms with E-state index in [2.05, 4.69) is 23.9 Å². The number of H-pyrrole nitrogens is 1. The van der Waals surface area contributed by atoms with E-state index in [1.165, 1.54) is 0 Å². The van der Waals surface area contributed by atoms with Crippen molar-refractivity contribution in [3.8, 4) is 5.75 Å². The molecule has 0 spiro atoms. The van der Waals surface area contributed by atoms with Gasteiger partial charge >= 0.3 is 11.9 Å². The number of ether oxygens (including phenoxy) is 1. The molecule has 2 rings (SSSR count). The first kappa shape index (κ1) is 16.0. The van der Waals surface area contributed by atoms with Gasteiger partial charge in [0.05, 0.1) is 5.52 Å². The first-order chi connectivity index (χ1) is 10.5. The van der Waals surface area contributed by atoms with Crippen LogP contribution >= 0.6 is 0 Å². The summed E-state index contributed by atoms with van der Waals surface area (Å²) in [4.78, 5) is 27.4. The van der Waals surface area contributed by atoms with Crippen LogP contribution in [0.2, 0.25) is 0 Å². The highest BCUT2D eigenvalue weighted by Gasteiger charge is 2.14. The number of rotatable bonds is 7. The molecular formula is C16H20N2O4. The molecule has 0 aliphatic heterocycles. The summed E-state index contributed by atoms with van der Waals surface area (Å²) < 4.78 is 5.14. The Hall–Kier alpha value is -2.34. The first-order valence-corrected chi connectivity index (χ1v) is 7.21. The van der Waals surface area contributed by atoms with Crippen molar-refractivity contribution in [2.45, 2.75) is 19.8 Å². The molecule has 118 valence electrons. The maximum Gasteiger partial charge on any atom is 0.322 e. The van der Waals surface area contributed by atoms with Gasteiger partial charge in [0.25, 0.3) is 0 Å². The smallest absolute Gasteiger partial charge is 0.322 e. The van der Waals surface area contributed by atoms with Crippen LogP contribution in [0.15, 0.2) is 24.4 Å². The predicted molar refractivity (Wildman–Crippen MR) is 83.1 cm³/mol. The van der Waals surface area contributed by atoms with Gasteiger partial charge in [0.2, 0.25) is 0 Å². The van der Waals surface area contributed by atoms with E-state index in [0.717, 1.165) is 36.0 Å². The lowest BCUT2D eigenvalue weighted by molar-refractivity contribution is -0.145. The molecule has 1 aromatic heterocycles. The molecule has 0 saturated heterocycles. The Bertz CT molecular complexity index is 678. The van der Waals surface area contributed by atoms with Crippen LogP contribution in [0.1, 0.15) is 18.9 Å². The number of carbonyl (C=O) groups excluding carboxylic acids is 1. The maximum atomic E-state index is 11.5. The van der Waals surface area contributed by atoms with E-state index >= 15 is 0 Å².